The standard InChI is InChI=1S/C20H35N5O2/c1-11-3-4-12(2)27-15-8-10-22-19-18(15)25(20(26)24-19)16-6-5-14-17(23-16)13(11)7-9-21-14/h11-19,21-23H,3-10H2,1-2H3,(H,24,26)/t11-,12+,13?,14?,15?,16?,17?,18?,19?/m0/s1. The van der Waals surface area contributed by atoms with E-state index >= 15 is 0 Å². The Bertz CT molecular complexity index is 575. The highest BCUT2D eigenvalue weighted by atomic mass is 16.5. The number of rotatable bonds is 0. The van der Waals surface area contributed by atoms with Crippen molar-refractivity contribution in [2.75, 3.05) is 13.1 Å². The normalized spacial score (nSPS) is 50.2. The van der Waals surface area contributed by atoms with Gasteiger partial charge >= 0.3 is 6.03 Å². The molecule has 2 bridgehead atoms. The molecule has 5 aliphatic heterocycles. The number of nitrogens with one attached hydrogen (secondary N) is 4. The quantitative estimate of drug-likeness (QED) is 0.506. The van der Waals surface area contributed by atoms with Crippen molar-refractivity contribution in [3.05, 3.63) is 0 Å². The van der Waals surface area contributed by atoms with Gasteiger partial charge in [-0.15, -0.1) is 0 Å². The molecule has 0 aromatic carbocycles. The van der Waals surface area contributed by atoms with Crippen LogP contribution >= 0.6 is 0 Å². The fourth-order valence-corrected chi connectivity index (χ4v) is 6.34. The molecule has 0 radical (unpaired) electrons. The number of amides is 2. The number of carbonyl (C=O) groups excluding carboxylic acids is 1. The predicted octanol–water partition coefficient (Wildman–Crippen LogP) is 0.959. The van der Waals surface area contributed by atoms with Gasteiger partial charge in [0.05, 0.1) is 24.4 Å². The number of piperidine rings is 3. The van der Waals surface area contributed by atoms with Crippen LogP contribution in [-0.4, -0.2) is 66.7 Å². The molecule has 0 saturated carbocycles. The van der Waals surface area contributed by atoms with Crippen molar-refractivity contribution in [3.8, 4) is 0 Å². The lowest BCUT2D eigenvalue weighted by Crippen LogP contribution is -2.69. The molecule has 152 valence electrons. The zero-order valence-electron chi connectivity index (χ0n) is 16.6. The number of ether oxygens (including phenoxy) is 1. The fraction of sp³-hybridized carbons (Fsp3) is 0.950. The van der Waals surface area contributed by atoms with E-state index in [1.807, 2.05) is 0 Å². The maximum Gasteiger partial charge on any atom is 0.320 e. The summed E-state index contributed by atoms with van der Waals surface area (Å²) in [5, 5.41) is 14.3. The zero-order valence-corrected chi connectivity index (χ0v) is 16.6. The second-order valence-electron chi connectivity index (χ2n) is 9.41. The van der Waals surface area contributed by atoms with Gasteiger partial charge in [-0.1, -0.05) is 6.92 Å². The van der Waals surface area contributed by atoms with E-state index in [1.165, 1.54) is 12.8 Å². The summed E-state index contributed by atoms with van der Waals surface area (Å²) >= 11 is 0. The van der Waals surface area contributed by atoms with Crippen LogP contribution in [0.2, 0.25) is 0 Å². The van der Waals surface area contributed by atoms with Crippen molar-refractivity contribution in [1.82, 2.24) is 26.2 Å². The van der Waals surface area contributed by atoms with Crippen LogP contribution in [0, 0.1) is 11.8 Å². The second-order valence-corrected chi connectivity index (χ2v) is 9.41. The van der Waals surface area contributed by atoms with Gasteiger partial charge in [-0.2, -0.15) is 0 Å². The van der Waals surface area contributed by atoms with Crippen LogP contribution in [0.1, 0.15) is 52.4 Å². The molecule has 0 spiro atoms. The van der Waals surface area contributed by atoms with Gasteiger partial charge in [-0.25, -0.2) is 4.79 Å². The van der Waals surface area contributed by atoms with E-state index in [0.717, 1.165) is 38.8 Å². The van der Waals surface area contributed by atoms with Gasteiger partial charge in [-0.05, 0) is 70.4 Å². The Hall–Kier alpha value is -0.890. The van der Waals surface area contributed by atoms with E-state index in [1.54, 1.807) is 0 Å². The number of carbonyl (C=O) groups is 1. The van der Waals surface area contributed by atoms with E-state index in [-0.39, 0.29) is 36.6 Å². The fourth-order valence-electron chi connectivity index (χ4n) is 6.34. The minimum Gasteiger partial charge on any atom is -0.373 e. The monoisotopic (exact) mass is 377 g/mol. The molecule has 7 unspecified atom stereocenters. The number of hydrogen-bond acceptors (Lipinski definition) is 5. The summed E-state index contributed by atoms with van der Waals surface area (Å²) in [7, 11) is 0. The summed E-state index contributed by atoms with van der Waals surface area (Å²) < 4.78 is 6.53. The van der Waals surface area contributed by atoms with E-state index in [4.69, 9.17) is 4.74 Å². The predicted molar refractivity (Wildman–Crippen MR) is 103 cm³/mol. The number of fused-ring (bicyclic) bond motifs is 2. The third-order valence-corrected chi connectivity index (χ3v) is 7.77. The molecule has 2 amide bonds. The maximum atomic E-state index is 12.9. The van der Waals surface area contributed by atoms with Gasteiger partial charge in [0, 0.05) is 12.1 Å². The first-order valence-electron chi connectivity index (χ1n) is 11.1. The zero-order chi connectivity index (χ0) is 18.5. The van der Waals surface area contributed by atoms with Crippen molar-refractivity contribution in [1.29, 1.82) is 0 Å². The molecule has 0 aliphatic carbocycles. The lowest BCUT2D eigenvalue weighted by molar-refractivity contribution is -0.0800. The van der Waals surface area contributed by atoms with Gasteiger partial charge in [0.25, 0.3) is 0 Å². The van der Waals surface area contributed by atoms with Gasteiger partial charge in [0.1, 0.15) is 6.17 Å². The average molecular weight is 378 g/mol. The van der Waals surface area contributed by atoms with Crippen LogP contribution in [0.5, 0.6) is 0 Å². The molecule has 7 nitrogen and oxygen atoms in total. The van der Waals surface area contributed by atoms with Crippen molar-refractivity contribution in [2.45, 2.75) is 95.0 Å². The van der Waals surface area contributed by atoms with Gasteiger partial charge < -0.3 is 20.3 Å². The summed E-state index contributed by atoms with van der Waals surface area (Å²) in [5.41, 5.74) is 0. The number of nitrogens with zero attached hydrogens (tertiary/aromatic N) is 1. The third kappa shape index (κ3) is 3.16. The highest BCUT2D eigenvalue weighted by molar-refractivity contribution is 5.78. The van der Waals surface area contributed by atoms with Crippen LogP contribution < -0.4 is 21.3 Å². The molecule has 5 aliphatic rings. The summed E-state index contributed by atoms with van der Waals surface area (Å²) in [6, 6.07) is 1.14. The van der Waals surface area contributed by atoms with Crippen LogP contribution in [0.25, 0.3) is 0 Å². The molecule has 5 fully saturated rings. The molecule has 5 rings (SSSR count). The highest BCUT2D eigenvalue weighted by Crippen LogP contribution is 2.36. The smallest absolute Gasteiger partial charge is 0.320 e. The Labute approximate surface area is 162 Å². The van der Waals surface area contributed by atoms with Crippen LogP contribution in [0.15, 0.2) is 0 Å². The van der Waals surface area contributed by atoms with Crippen molar-refractivity contribution in [2.24, 2.45) is 11.8 Å². The van der Waals surface area contributed by atoms with E-state index in [2.05, 4.69) is 40.0 Å². The minimum atomic E-state index is 0.00474. The third-order valence-electron chi connectivity index (χ3n) is 7.77. The summed E-state index contributed by atoms with van der Waals surface area (Å²) in [6.07, 6.45) is 7.14. The van der Waals surface area contributed by atoms with E-state index in [0.29, 0.717) is 23.9 Å². The molecular weight excluding hydrogens is 342 g/mol. The van der Waals surface area contributed by atoms with Crippen molar-refractivity contribution < 1.29 is 9.53 Å². The lowest BCUT2D eigenvalue weighted by atomic mass is 9.74. The topological polar surface area (TPSA) is 77.7 Å². The highest BCUT2D eigenvalue weighted by Gasteiger charge is 2.52. The number of urea groups is 1. The lowest BCUT2D eigenvalue weighted by Gasteiger charge is -2.51. The second kappa shape index (κ2) is 7.17. The number of hydrogen-bond donors (Lipinski definition) is 4. The van der Waals surface area contributed by atoms with Crippen LogP contribution in [-0.2, 0) is 4.74 Å². The Kier molecular flexibility index (Phi) is 4.82. The molecule has 0 aromatic rings. The van der Waals surface area contributed by atoms with Gasteiger partial charge in [0.15, 0.2) is 0 Å². The molecule has 27 heavy (non-hydrogen) atoms. The molecule has 0 aromatic heterocycles. The van der Waals surface area contributed by atoms with E-state index < -0.39 is 0 Å². The molecule has 5 saturated heterocycles. The Balaban J connectivity index is 1.48. The first-order valence-corrected chi connectivity index (χ1v) is 11.1. The Morgan fingerprint density at radius 1 is 1.00 bits per heavy atom. The largest absolute Gasteiger partial charge is 0.373 e. The molecular formula is C20H35N5O2. The summed E-state index contributed by atoms with van der Waals surface area (Å²) in [5.74, 6) is 1.35. The summed E-state index contributed by atoms with van der Waals surface area (Å²) in [4.78, 5) is 15.0. The van der Waals surface area contributed by atoms with Gasteiger partial charge in [-0.3, -0.25) is 10.6 Å². The minimum absolute atomic E-state index is 0.00474. The van der Waals surface area contributed by atoms with Crippen LogP contribution in [0.3, 0.4) is 0 Å². The Morgan fingerprint density at radius 3 is 2.74 bits per heavy atom. The van der Waals surface area contributed by atoms with Gasteiger partial charge in [0.2, 0.25) is 0 Å². The first-order chi connectivity index (χ1) is 13.1. The van der Waals surface area contributed by atoms with Crippen LogP contribution in [0.4, 0.5) is 4.79 Å². The molecule has 5 heterocycles. The molecule has 4 N–H and O–H groups in total. The summed E-state index contributed by atoms with van der Waals surface area (Å²) in [6.45, 7) is 6.66. The molecule has 9 atom stereocenters. The average Bonchev–Trinajstić information content (AvgIpc) is 3.01. The van der Waals surface area contributed by atoms with Crippen molar-refractivity contribution in [3.63, 3.8) is 0 Å². The SMILES string of the molecule is C[C@@H]1CC[C@H](C)C2CCNC3CCC(NC32)N2C(=O)NC3NCCC(O1)C32. The molecule has 7 heteroatoms. The first kappa shape index (κ1) is 18.2. The van der Waals surface area contributed by atoms with Crippen molar-refractivity contribution >= 4 is 6.03 Å². The maximum absolute atomic E-state index is 12.9. The Morgan fingerprint density at radius 2 is 1.85 bits per heavy atom. The van der Waals surface area contributed by atoms with E-state index in [9.17, 15) is 4.79 Å².